The van der Waals surface area contributed by atoms with E-state index >= 15 is 0 Å². The maximum absolute atomic E-state index is 12.9. The van der Waals surface area contributed by atoms with Crippen molar-refractivity contribution in [3.63, 3.8) is 0 Å². The van der Waals surface area contributed by atoms with Crippen molar-refractivity contribution in [2.24, 2.45) is 0 Å². The first-order valence-electron chi connectivity index (χ1n) is 10.1. The molecule has 4 heterocycles. The number of hydrogen-bond acceptors (Lipinski definition) is 6. The predicted molar refractivity (Wildman–Crippen MR) is 120 cm³/mol. The van der Waals surface area contributed by atoms with Gasteiger partial charge in [-0.1, -0.05) is 6.07 Å². The van der Waals surface area contributed by atoms with Crippen molar-refractivity contribution >= 4 is 32.6 Å². The van der Waals surface area contributed by atoms with E-state index in [4.69, 9.17) is 4.98 Å². The maximum Gasteiger partial charge on any atom is 0.243 e. The zero-order valence-electron chi connectivity index (χ0n) is 16.8. The first-order valence-corrected chi connectivity index (χ1v) is 11.6. The Bertz CT molecular complexity index is 1340. The molecule has 8 heteroatoms. The van der Waals surface area contributed by atoms with Gasteiger partial charge in [-0.25, -0.2) is 13.4 Å². The number of aromatic nitrogens is 3. The Kier molecular flexibility index (Phi) is 5.09. The van der Waals surface area contributed by atoms with Crippen LogP contribution in [0.4, 0.5) is 11.5 Å². The Morgan fingerprint density at radius 3 is 2.52 bits per heavy atom. The Hall–Kier alpha value is -3.36. The summed E-state index contributed by atoms with van der Waals surface area (Å²) in [4.78, 5) is 13.5. The van der Waals surface area contributed by atoms with Crippen LogP contribution in [0.25, 0.3) is 22.2 Å². The topological polar surface area (TPSA) is 88.1 Å². The van der Waals surface area contributed by atoms with Crippen molar-refractivity contribution < 1.29 is 8.42 Å². The molecule has 4 aromatic rings. The molecule has 156 valence electrons. The van der Waals surface area contributed by atoms with E-state index in [1.165, 1.54) is 0 Å². The van der Waals surface area contributed by atoms with Crippen LogP contribution in [0.2, 0.25) is 0 Å². The summed E-state index contributed by atoms with van der Waals surface area (Å²) in [5.74, 6) is 0.617. The molecular formula is C23H21N5O2S. The van der Waals surface area contributed by atoms with Crippen molar-refractivity contribution in [2.45, 2.75) is 17.7 Å². The molecule has 1 fully saturated rings. The largest absolute Gasteiger partial charge is 0.340 e. The summed E-state index contributed by atoms with van der Waals surface area (Å²) in [7, 11) is -3.47. The SMILES string of the molecule is O=S(=O)(c1cccc(Nc2ccc3nccc(-c4ccncc4)c3n2)c1)N1CCCC1. The molecule has 1 aliphatic rings. The van der Waals surface area contributed by atoms with E-state index in [9.17, 15) is 8.42 Å². The second kappa shape index (κ2) is 8.05. The minimum absolute atomic E-state index is 0.291. The fourth-order valence-corrected chi connectivity index (χ4v) is 5.38. The van der Waals surface area contributed by atoms with Gasteiger partial charge in [0.2, 0.25) is 10.0 Å². The number of pyridine rings is 3. The first-order chi connectivity index (χ1) is 15.1. The van der Waals surface area contributed by atoms with Crippen LogP contribution in [0.3, 0.4) is 0 Å². The summed E-state index contributed by atoms with van der Waals surface area (Å²) < 4.78 is 27.3. The van der Waals surface area contributed by atoms with Gasteiger partial charge in [-0.15, -0.1) is 0 Å². The average molecular weight is 432 g/mol. The lowest BCUT2D eigenvalue weighted by Crippen LogP contribution is -2.27. The van der Waals surface area contributed by atoms with Gasteiger partial charge in [-0.3, -0.25) is 9.97 Å². The number of rotatable bonds is 5. The van der Waals surface area contributed by atoms with Gasteiger partial charge in [0.25, 0.3) is 0 Å². The number of fused-ring (bicyclic) bond motifs is 1. The van der Waals surface area contributed by atoms with Crippen molar-refractivity contribution in [1.82, 2.24) is 19.3 Å². The van der Waals surface area contributed by atoms with Crippen molar-refractivity contribution in [1.29, 1.82) is 0 Å². The highest BCUT2D eigenvalue weighted by Crippen LogP contribution is 2.28. The average Bonchev–Trinajstić information content (AvgIpc) is 3.35. The number of hydrogen-bond donors (Lipinski definition) is 1. The van der Waals surface area contributed by atoms with Gasteiger partial charge in [0.15, 0.2) is 0 Å². The van der Waals surface area contributed by atoms with Crippen LogP contribution in [0.1, 0.15) is 12.8 Å². The summed E-state index contributed by atoms with van der Waals surface area (Å²) in [6.07, 6.45) is 7.07. The van der Waals surface area contributed by atoms with Gasteiger partial charge in [0, 0.05) is 42.9 Å². The zero-order chi connectivity index (χ0) is 21.3. The molecule has 1 N–H and O–H groups in total. The molecule has 31 heavy (non-hydrogen) atoms. The van der Waals surface area contributed by atoms with E-state index in [0.29, 0.717) is 29.5 Å². The molecule has 0 aliphatic carbocycles. The molecule has 0 atom stereocenters. The molecule has 7 nitrogen and oxygen atoms in total. The number of sulfonamides is 1. The highest BCUT2D eigenvalue weighted by molar-refractivity contribution is 7.89. The molecule has 0 radical (unpaired) electrons. The fourth-order valence-electron chi connectivity index (χ4n) is 3.82. The molecular weight excluding hydrogens is 410 g/mol. The summed E-state index contributed by atoms with van der Waals surface area (Å²) in [5, 5.41) is 3.24. The fraction of sp³-hybridized carbons (Fsp3) is 0.174. The lowest BCUT2D eigenvalue weighted by Gasteiger charge is -2.16. The third-order valence-corrected chi connectivity index (χ3v) is 7.28. The van der Waals surface area contributed by atoms with Crippen LogP contribution in [-0.2, 0) is 10.0 Å². The van der Waals surface area contributed by atoms with Crippen molar-refractivity contribution in [3.8, 4) is 11.1 Å². The Morgan fingerprint density at radius 1 is 0.903 bits per heavy atom. The molecule has 0 unspecified atom stereocenters. The Balaban J connectivity index is 1.49. The normalized spacial score (nSPS) is 14.7. The van der Waals surface area contributed by atoms with E-state index in [2.05, 4.69) is 15.3 Å². The van der Waals surface area contributed by atoms with Crippen LogP contribution in [0, 0.1) is 0 Å². The molecule has 1 saturated heterocycles. The Labute approximate surface area is 180 Å². The van der Waals surface area contributed by atoms with E-state index in [-0.39, 0.29) is 0 Å². The van der Waals surface area contributed by atoms with Crippen LogP contribution in [0.15, 0.2) is 78.1 Å². The van der Waals surface area contributed by atoms with Gasteiger partial charge >= 0.3 is 0 Å². The lowest BCUT2D eigenvalue weighted by atomic mass is 10.1. The van der Waals surface area contributed by atoms with Crippen LogP contribution >= 0.6 is 0 Å². The third-order valence-electron chi connectivity index (χ3n) is 5.38. The smallest absolute Gasteiger partial charge is 0.243 e. The molecule has 1 aromatic carbocycles. The standard InChI is InChI=1S/C23H21N5O2S/c29-31(30,28-14-1-2-15-28)19-5-3-4-18(16-19)26-22-7-6-21-23(27-22)20(10-13-25-21)17-8-11-24-12-9-17/h3-13,16H,1-2,14-15H2,(H,26,27). The van der Waals surface area contributed by atoms with Crippen LogP contribution in [-0.4, -0.2) is 40.8 Å². The number of nitrogens with zero attached hydrogens (tertiary/aromatic N) is 4. The van der Waals surface area contributed by atoms with E-state index in [1.807, 2.05) is 36.4 Å². The summed E-state index contributed by atoms with van der Waals surface area (Å²) in [5.41, 5.74) is 4.18. The van der Waals surface area contributed by atoms with Gasteiger partial charge in [0.1, 0.15) is 5.82 Å². The van der Waals surface area contributed by atoms with E-state index in [1.54, 1.807) is 41.1 Å². The molecule has 5 rings (SSSR count). The first kappa shape index (κ1) is 19.6. The molecule has 0 amide bonds. The second-order valence-corrected chi connectivity index (χ2v) is 9.36. The minimum atomic E-state index is -3.47. The summed E-state index contributed by atoms with van der Waals surface area (Å²) in [6, 6.07) is 16.4. The monoisotopic (exact) mass is 431 g/mol. The molecule has 0 bridgehead atoms. The zero-order valence-corrected chi connectivity index (χ0v) is 17.6. The van der Waals surface area contributed by atoms with Gasteiger partial charge in [0.05, 0.1) is 15.9 Å². The highest BCUT2D eigenvalue weighted by Gasteiger charge is 2.27. The van der Waals surface area contributed by atoms with Crippen molar-refractivity contribution in [3.05, 3.63) is 73.2 Å². The van der Waals surface area contributed by atoms with Gasteiger partial charge in [-0.2, -0.15) is 4.31 Å². The minimum Gasteiger partial charge on any atom is -0.340 e. The molecule has 0 saturated carbocycles. The lowest BCUT2D eigenvalue weighted by molar-refractivity contribution is 0.477. The van der Waals surface area contributed by atoms with Crippen LogP contribution in [0.5, 0.6) is 0 Å². The highest BCUT2D eigenvalue weighted by atomic mass is 32.2. The van der Waals surface area contributed by atoms with E-state index < -0.39 is 10.0 Å². The number of nitrogens with one attached hydrogen (secondary N) is 1. The molecule has 1 aliphatic heterocycles. The summed E-state index contributed by atoms with van der Waals surface area (Å²) >= 11 is 0. The van der Waals surface area contributed by atoms with Crippen molar-refractivity contribution in [2.75, 3.05) is 18.4 Å². The number of benzene rings is 1. The van der Waals surface area contributed by atoms with Gasteiger partial charge < -0.3 is 5.32 Å². The second-order valence-electron chi connectivity index (χ2n) is 7.42. The van der Waals surface area contributed by atoms with E-state index in [0.717, 1.165) is 35.0 Å². The maximum atomic E-state index is 12.9. The Morgan fingerprint density at radius 2 is 1.71 bits per heavy atom. The molecule has 0 spiro atoms. The predicted octanol–water partition coefficient (Wildman–Crippen LogP) is 4.22. The van der Waals surface area contributed by atoms with Crippen LogP contribution < -0.4 is 5.32 Å². The third kappa shape index (κ3) is 3.87. The van der Waals surface area contributed by atoms with Gasteiger partial charge in [-0.05, 0) is 66.9 Å². The summed E-state index contributed by atoms with van der Waals surface area (Å²) in [6.45, 7) is 1.16. The molecule has 3 aromatic heterocycles. The number of anilines is 2. The quantitative estimate of drug-likeness (QED) is 0.509.